The molecule has 0 aromatic heterocycles. The van der Waals surface area contributed by atoms with Crippen molar-refractivity contribution < 1.29 is 22.7 Å². The SMILES string of the molecule is C=CCN(c1ccccc1)S(=O)(=O)c1cccc(C(=O)OC(C)C(=O)N2CCCC2)c1. The van der Waals surface area contributed by atoms with Crippen LogP contribution in [0.4, 0.5) is 5.69 Å². The molecule has 0 N–H and O–H groups in total. The van der Waals surface area contributed by atoms with Gasteiger partial charge in [-0.1, -0.05) is 30.3 Å². The van der Waals surface area contributed by atoms with Gasteiger partial charge >= 0.3 is 5.97 Å². The topological polar surface area (TPSA) is 84.0 Å². The Morgan fingerprint density at radius 3 is 2.45 bits per heavy atom. The number of para-hydroxylation sites is 1. The highest BCUT2D eigenvalue weighted by molar-refractivity contribution is 7.92. The highest BCUT2D eigenvalue weighted by atomic mass is 32.2. The normalized spacial score (nSPS) is 14.7. The molecule has 0 bridgehead atoms. The molecule has 0 spiro atoms. The number of amides is 1. The molecule has 1 aliphatic rings. The van der Waals surface area contributed by atoms with Crippen LogP contribution in [0.2, 0.25) is 0 Å². The Morgan fingerprint density at radius 1 is 1.13 bits per heavy atom. The van der Waals surface area contributed by atoms with Gasteiger partial charge in [-0.2, -0.15) is 0 Å². The summed E-state index contributed by atoms with van der Waals surface area (Å²) in [5.74, 6) is -0.983. The third-order valence-electron chi connectivity index (χ3n) is 5.05. The molecular weight excluding hydrogens is 416 g/mol. The maximum Gasteiger partial charge on any atom is 0.338 e. The number of hydrogen-bond donors (Lipinski definition) is 0. The van der Waals surface area contributed by atoms with Crippen LogP contribution in [0, 0.1) is 0 Å². The van der Waals surface area contributed by atoms with E-state index in [1.54, 1.807) is 35.2 Å². The van der Waals surface area contributed by atoms with Crippen molar-refractivity contribution in [2.24, 2.45) is 0 Å². The van der Waals surface area contributed by atoms with Gasteiger partial charge in [0.1, 0.15) is 0 Å². The van der Waals surface area contributed by atoms with E-state index in [2.05, 4.69) is 6.58 Å². The lowest BCUT2D eigenvalue weighted by molar-refractivity contribution is -0.138. The van der Waals surface area contributed by atoms with Gasteiger partial charge in [-0.15, -0.1) is 6.58 Å². The van der Waals surface area contributed by atoms with Crippen molar-refractivity contribution in [3.8, 4) is 0 Å². The number of rotatable bonds is 8. The van der Waals surface area contributed by atoms with Gasteiger partial charge in [0, 0.05) is 13.1 Å². The van der Waals surface area contributed by atoms with Crippen molar-refractivity contribution in [1.29, 1.82) is 0 Å². The van der Waals surface area contributed by atoms with Gasteiger partial charge in [0.2, 0.25) is 0 Å². The van der Waals surface area contributed by atoms with E-state index in [-0.39, 0.29) is 22.9 Å². The van der Waals surface area contributed by atoms with E-state index in [9.17, 15) is 18.0 Å². The first-order valence-corrected chi connectivity index (χ1v) is 11.6. The number of ether oxygens (including phenoxy) is 1. The number of benzene rings is 2. The van der Waals surface area contributed by atoms with Gasteiger partial charge < -0.3 is 9.64 Å². The fraction of sp³-hybridized carbons (Fsp3) is 0.304. The number of nitrogens with zero attached hydrogens (tertiary/aromatic N) is 2. The third kappa shape index (κ3) is 5.14. The number of esters is 1. The van der Waals surface area contributed by atoms with Crippen LogP contribution in [0.3, 0.4) is 0 Å². The Hall–Kier alpha value is -3.13. The molecule has 31 heavy (non-hydrogen) atoms. The van der Waals surface area contributed by atoms with Crippen molar-refractivity contribution >= 4 is 27.6 Å². The van der Waals surface area contributed by atoms with Crippen LogP contribution in [0.5, 0.6) is 0 Å². The molecule has 0 radical (unpaired) electrons. The Kier molecular flexibility index (Phi) is 7.12. The molecule has 8 heteroatoms. The lowest BCUT2D eigenvalue weighted by Crippen LogP contribution is -2.38. The summed E-state index contributed by atoms with van der Waals surface area (Å²) in [4.78, 5) is 26.6. The minimum Gasteiger partial charge on any atom is -0.449 e. The number of likely N-dealkylation sites (tertiary alicyclic amines) is 1. The summed E-state index contributed by atoms with van der Waals surface area (Å²) in [5, 5.41) is 0. The maximum absolute atomic E-state index is 13.3. The third-order valence-corrected chi connectivity index (χ3v) is 6.84. The summed E-state index contributed by atoms with van der Waals surface area (Å²) >= 11 is 0. The van der Waals surface area contributed by atoms with Gasteiger partial charge in [-0.05, 0) is 50.1 Å². The molecule has 164 valence electrons. The average Bonchev–Trinajstić information content (AvgIpc) is 3.32. The molecule has 0 aliphatic carbocycles. The van der Waals surface area contributed by atoms with Crippen molar-refractivity contribution in [2.75, 3.05) is 23.9 Å². The van der Waals surface area contributed by atoms with E-state index in [0.29, 0.717) is 18.8 Å². The molecular formula is C23H26N2O5S. The van der Waals surface area contributed by atoms with Crippen molar-refractivity contribution in [1.82, 2.24) is 4.90 Å². The quantitative estimate of drug-likeness (QED) is 0.463. The summed E-state index contributed by atoms with van der Waals surface area (Å²) in [5.41, 5.74) is 0.550. The highest BCUT2D eigenvalue weighted by Crippen LogP contribution is 2.24. The monoisotopic (exact) mass is 442 g/mol. The largest absolute Gasteiger partial charge is 0.449 e. The molecule has 0 saturated carbocycles. The Balaban J connectivity index is 1.81. The Morgan fingerprint density at radius 2 is 1.81 bits per heavy atom. The number of carbonyl (C=O) groups is 2. The lowest BCUT2D eigenvalue weighted by Gasteiger charge is -2.23. The van der Waals surface area contributed by atoms with E-state index >= 15 is 0 Å². The molecule has 1 atom stereocenters. The Bertz CT molecular complexity index is 1050. The van der Waals surface area contributed by atoms with Crippen LogP contribution in [-0.4, -0.2) is 50.9 Å². The predicted octanol–water partition coefficient (Wildman–Crippen LogP) is 3.24. The first kappa shape index (κ1) is 22.6. The van der Waals surface area contributed by atoms with Crippen LogP contribution in [0.15, 0.2) is 72.1 Å². The number of hydrogen-bond acceptors (Lipinski definition) is 5. The van der Waals surface area contributed by atoms with E-state index in [4.69, 9.17) is 4.74 Å². The molecule has 1 aliphatic heterocycles. The number of sulfonamides is 1. The summed E-state index contributed by atoms with van der Waals surface area (Å²) in [7, 11) is -3.95. The van der Waals surface area contributed by atoms with Crippen molar-refractivity contribution in [3.63, 3.8) is 0 Å². The van der Waals surface area contributed by atoms with E-state index in [1.165, 1.54) is 41.6 Å². The minimum absolute atomic E-state index is 0.0498. The molecule has 1 fully saturated rings. The minimum atomic E-state index is -3.95. The smallest absolute Gasteiger partial charge is 0.338 e. The number of carbonyl (C=O) groups excluding carboxylic acids is 2. The highest BCUT2D eigenvalue weighted by Gasteiger charge is 2.28. The first-order valence-electron chi connectivity index (χ1n) is 10.1. The van der Waals surface area contributed by atoms with Gasteiger partial charge in [-0.3, -0.25) is 9.10 Å². The summed E-state index contributed by atoms with van der Waals surface area (Å²) in [6.45, 7) is 6.56. The standard InChI is InChI=1S/C23H26N2O5S/c1-3-14-25(20-11-5-4-6-12-20)31(28,29)21-13-9-10-19(17-21)23(27)30-18(2)22(26)24-15-7-8-16-24/h3-6,9-13,17-18H,1,7-8,14-16H2,2H3. The molecule has 2 aromatic carbocycles. The van der Waals surface area contributed by atoms with Crippen LogP contribution in [-0.2, 0) is 19.6 Å². The second-order valence-electron chi connectivity index (χ2n) is 7.27. The molecule has 7 nitrogen and oxygen atoms in total. The van der Waals surface area contributed by atoms with Gasteiger partial charge in [-0.25, -0.2) is 13.2 Å². The van der Waals surface area contributed by atoms with Crippen LogP contribution >= 0.6 is 0 Å². The zero-order valence-electron chi connectivity index (χ0n) is 17.4. The van der Waals surface area contributed by atoms with Crippen LogP contribution in [0.1, 0.15) is 30.1 Å². The van der Waals surface area contributed by atoms with E-state index in [1.807, 2.05) is 0 Å². The fourth-order valence-electron chi connectivity index (χ4n) is 3.44. The summed E-state index contributed by atoms with van der Waals surface area (Å²) in [6, 6.07) is 14.3. The second kappa shape index (κ2) is 9.78. The summed E-state index contributed by atoms with van der Waals surface area (Å²) < 4.78 is 33.1. The zero-order valence-corrected chi connectivity index (χ0v) is 18.3. The van der Waals surface area contributed by atoms with Crippen molar-refractivity contribution in [2.45, 2.75) is 30.8 Å². The lowest BCUT2D eigenvalue weighted by atomic mass is 10.2. The summed E-state index contributed by atoms with van der Waals surface area (Å²) in [6.07, 6.45) is 2.44. The van der Waals surface area contributed by atoms with Crippen LogP contribution < -0.4 is 4.31 Å². The second-order valence-corrected chi connectivity index (χ2v) is 9.13. The molecule has 2 aromatic rings. The van der Waals surface area contributed by atoms with E-state index < -0.39 is 22.1 Å². The molecule has 1 saturated heterocycles. The fourth-order valence-corrected chi connectivity index (χ4v) is 4.92. The van der Waals surface area contributed by atoms with Gasteiger partial charge in [0.15, 0.2) is 6.10 Å². The first-order chi connectivity index (χ1) is 14.8. The molecule has 1 amide bonds. The number of anilines is 1. The van der Waals surface area contributed by atoms with Crippen LogP contribution in [0.25, 0.3) is 0 Å². The Labute approximate surface area is 183 Å². The molecule has 1 heterocycles. The van der Waals surface area contributed by atoms with Gasteiger partial charge in [0.25, 0.3) is 15.9 Å². The zero-order chi connectivity index (χ0) is 22.4. The average molecular weight is 443 g/mol. The predicted molar refractivity (Wildman–Crippen MR) is 118 cm³/mol. The maximum atomic E-state index is 13.3. The molecule has 1 unspecified atom stereocenters. The van der Waals surface area contributed by atoms with Crippen molar-refractivity contribution in [3.05, 3.63) is 72.8 Å². The van der Waals surface area contributed by atoms with E-state index in [0.717, 1.165) is 12.8 Å². The van der Waals surface area contributed by atoms with Gasteiger partial charge in [0.05, 0.1) is 22.7 Å². The molecule has 3 rings (SSSR count).